The second kappa shape index (κ2) is 5.56. The number of carbonyl (C=O) groups is 1. The van der Waals surface area contributed by atoms with Gasteiger partial charge in [0.15, 0.2) is 0 Å². The first-order valence-electron chi connectivity index (χ1n) is 5.72. The Balaban J connectivity index is 2.29. The third-order valence-electron chi connectivity index (χ3n) is 2.70. The minimum absolute atomic E-state index is 0.167. The molecule has 3 N–H and O–H groups in total. The lowest BCUT2D eigenvalue weighted by Gasteiger charge is -2.10. The van der Waals surface area contributed by atoms with Gasteiger partial charge in [-0.3, -0.25) is 4.79 Å². The van der Waals surface area contributed by atoms with Crippen LogP contribution in [0.3, 0.4) is 0 Å². The molecular weight excluding hydrogens is 266 g/mol. The number of hydrogen-bond acceptors (Lipinski definition) is 3. The Labute approximate surface area is 114 Å². The number of hydrogen-bond donors (Lipinski definition) is 2. The summed E-state index contributed by atoms with van der Waals surface area (Å²) in [7, 11) is 1.45. The first-order valence-corrected chi connectivity index (χ1v) is 5.72. The summed E-state index contributed by atoms with van der Waals surface area (Å²) < 4.78 is 31.7. The van der Waals surface area contributed by atoms with Crippen molar-refractivity contribution in [3.8, 4) is 5.75 Å². The van der Waals surface area contributed by atoms with Crippen molar-refractivity contribution in [1.82, 2.24) is 0 Å². The molecule has 1 amide bonds. The number of nitrogens with two attached hydrogens (primary N) is 1. The van der Waals surface area contributed by atoms with Crippen LogP contribution in [0.25, 0.3) is 0 Å². The molecule has 0 saturated heterocycles. The number of para-hydroxylation sites is 2. The maximum absolute atomic E-state index is 13.3. The number of benzene rings is 2. The van der Waals surface area contributed by atoms with Gasteiger partial charge in [-0.1, -0.05) is 12.1 Å². The Morgan fingerprint density at radius 2 is 1.80 bits per heavy atom. The Kier molecular flexibility index (Phi) is 3.84. The quantitative estimate of drug-likeness (QED) is 0.848. The molecule has 0 aliphatic carbocycles. The van der Waals surface area contributed by atoms with Crippen LogP contribution in [0.2, 0.25) is 0 Å². The Hall–Kier alpha value is -2.63. The van der Waals surface area contributed by atoms with Crippen LogP contribution in [0, 0.1) is 11.6 Å². The van der Waals surface area contributed by atoms with Crippen LogP contribution in [0.5, 0.6) is 5.75 Å². The first-order chi connectivity index (χ1) is 9.52. The van der Waals surface area contributed by atoms with Gasteiger partial charge in [-0.15, -0.1) is 0 Å². The zero-order chi connectivity index (χ0) is 14.7. The molecule has 0 bridgehead atoms. The average Bonchev–Trinajstić information content (AvgIpc) is 2.44. The molecule has 0 saturated carbocycles. The zero-order valence-electron chi connectivity index (χ0n) is 10.6. The maximum atomic E-state index is 13.3. The van der Waals surface area contributed by atoms with E-state index in [4.69, 9.17) is 10.5 Å². The summed E-state index contributed by atoms with van der Waals surface area (Å²) in [4.78, 5) is 12.0. The third kappa shape index (κ3) is 2.69. The van der Waals surface area contributed by atoms with Crippen molar-refractivity contribution in [3.63, 3.8) is 0 Å². The molecule has 4 nitrogen and oxygen atoms in total. The van der Waals surface area contributed by atoms with Crippen LogP contribution >= 0.6 is 0 Å². The topological polar surface area (TPSA) is 64.3 Å². The molecule has 2 rings (SSSR count). The summed E-state index contributed by atoms with van der Waals surface area (Å²) in [6.45, 7) is 0. The molecule has 0 aliphatic heterocycles. The highest BCUT2D eigenvalue weighted by Gasteiger charge is 2.14. The predicted molar refractivity (Wildman–Crippen MR) is 71.7 cm³/mol. The lowest BCUT2D eigenvalue weighted by atomic mass is 10.1. The first kappa shape index (κ1) is 13.8. The largest absolute Gasteiger partial charge is 0.495 e. The SMILES string of the molecule is COc1ccccc1NC(=O)c1cc(F)c(N)c(F)c1. The summed E-state index contributed by atoms with van der Waals surface area (Å²) in [6.07, 6.45) is 0. The number of nitrogen functional groups attached to an aromatic ring is 1. The van der Waals surface area contributed by atoms with Gasteiger partial charge in [-0.05, 0) is 24.3 Å². The van der Waals surface area contributed by atoms with Crippen molar-refractivity contribution in [2.75, 3.05) is 18.2 Å². The Bertz CT molecular complexity index is 636. The van der Waals surface area contributed by atoms with E-state index in [0.717, 1.165) is 12.1 Å². The van der Waals surface area contributed by atoms with Crippen LogP contribution in [0.1, 0.15) is 10.4 Å². The lowest BCUT2D eigenvalue weighted by molar-refractivity contribution is 0.102. The van der Waals surface area contributed by atoms with E-state index in [2.05, 4.69) is 5.32 Å². The van der Waals surface area contributed by atoms with Crippen LogP contribution in [-0.2, 0) is 0 Å². The molecule has 2 aromatic rings. The van der Waals surface area contributed by atoms with Gasteiger partial charge in [0.25, 0.3) is 5.91 Å². The van der Waals surface area contributed by atoms with Gasteiger partial charge in [-0.2, -0.15) is 0 Å². The van der Waals surface area contributed by atoms with E-state index in [1.807, 2.05) is 0 Å². The van der Waals surface area contributed by atoms with Crippen molar-refractivity contribution >= 4 is 17.3 Å². The summed E-state index contributed by atoms with van der Waals surface area (Å²) in [6, 6.07) is 8.45. The van der Waals surface area contributed by atoms with Gasteiger partial charge < -0.3 is 15.8 Å². The van der Waals surface area contributed by atoms with Gasteiger partial charge in [-0.25, -0.2) is 8.78 Å². The maximum Gasteiger partial charge on any atom is 0.255 e. The molecule has 104 valence electrons. The highest BCUT2D eigenvalue weighted by molar-refractivity contribution is 6.05. The molecule has 0 unspecified atom stereocenters. The van der Waals surface area contributed by atoms with Crippen LogP contribution in [-0.4, -0.2) is 13.0 Å². The van der Waals surface area contributed by atoms with Gasteiger partial charge in [0.2, 0.25) is 0 Å². The number of nitrogens with one attached hydrogen (secondary N) is 1. The summed E-state index contributed by atoms with van der Waals surface area (Å²) >= 11 is 0. The van der Waals surface area contributed by atoms with E-state index in [1.165, 1.54) is 7.11 Å². The molecule has 0 aromatic heterocycles. The minimum atomic E-state index is -0.977. The van der Waals surface area contributed by atoms with Crippen LogP contribution in [0.4, 0.5) is 20.2 Å². The fourth-order valence-corrected chi connectivity index (χ4v) is 1.66. The zero-order valence-corrected chi connectivity index (χ0v) is 10.6. The molecule has 0 heterocycles. The van der Waals surface area contributed by atoms with E-state index < -0.39 is 23.2 Å². The monoisotopic (exact) mass is 278 g/mol. The van der Waals surface area contributed by atoms with Crippen molar-refractivity contribution in [2.45, 2.75) is 0 Å². The Morgan fingerprint density at radius 3 is 2.40 bits per heavy atom. The number of halogens is 2. The second-order valence-corrected chi connectivity index (χ2v) is 4.01. The summed E-state index contributed by atoms with van der Waals surface area (Å²) in [5.74, 6) is -2.17. The van der Waals surface area contributed by atoms with E-state index in [0.29, 0.717) is 11.4 Å². The number of methoxy groups -OCH3 is 1. The fourth-order valence-electron chi connectivity index (χ4n) is 1.66. The average molecular weight is 278 g/mol. The minimum Gasteiger partial charge on any atom is -0.495 e. The van der Waals surface area contributed by atoms with Crippen molar-refractivity contribution in [1.29, 1.82) is 0 Å². The molecule has 0 atom stereocenters. The molecule has 6 heteroatoms. The molecule has 2 aromatic carbocycles. The number of carbonyl (C=O) groups excluding carboxylic acids is 1. The van der Waals surface area contributed by atoms with Crippen LogP contribution in [0.15, 0.2) is 36.4 Å². The molecular formula is C14H12F2N2O2. The molecule has 0 radical (unpaired) electrons. The molecule has 0 spiro atoms. The number of anilines is 2. The number of amides is 1. The molecule has 0 aliphatic rings. The number of ether oxygens (including phenoxy) is 1. The summed E-state index contributed by atoms with van der Waals surface area (Å²) in [5, 5.41) is 2.51. The van der Waals surface area contributed by atoms with Crippen molar-refractivity contribution < 1.29 is 18.3 Å². The van der Waals surface area contributed by atoms with Gasteiger partial charge >= 0.3 is 0 Å². The van der Waals surface area contributed by atoms with Gasteiger partial charge in [0, 0.05) is 5.56 Å². The second-order valence-electron chi connectivity index (χ2n) is 4.01. The lowest BCUT2D eigenvalue weighted by Crippen LogP contribution is -2.14. The summed E-state index contributed by atoms with van der Waals surface area (Å²) in [5.41, 5.74) is 4.77. The molecule has 0 fully saturated rings. The Morgan fingerprint density at radius 1 is 1.20 bits per heavy atom. The predicted octanol–water partition coefficient (Wildman–Crippen LogP) is 2.81. The normalized spacial score (nSPS) is 10.2. The standard InChI is InChI=1S/C14H12F2N2O2/c1-20-12-5-3-2-4-11(12)18-14(19)8-6-9(15)13(17)10(16)7-8/h2-7H,17H2,1H3,(H,18,19). The highest BCUT2D eigenvalue weighted by Crippen LogP contribution is 2.24. The number of rotatable bonds is 3. The van der Waals surface area contributed by atoms with E-state index in [-0.39, 0.29) is 5.56 Å². The third-order valence-corrected chi connectivity index (χ3v) is 2.70. The van der Waals surface area contributed by atoms with Gasteiger partial charge in [0.1, 0.15) is 23.1 Å². The van der Waals surface area contributed by atoms with Crippen molar-refractivity contribution in [3.05, 3.63) is 53.6 Å². The van der Waals surface area contributed by atoms with E-state index in [1.54, 1.807) is 24.3 Å². The fraction of sp³-hybridized carbons (Fsp3) is 0.0714. The van der Waals surface area contributed by atoms with E-state index >= 15 is 0 Å². The highest BCUT2D eigenvalue weighted by atomic mass is 19.1. The smallest absolute Gasteiger partial charge is 0.255 e. The van der Waals surface area contributed by atoms with E-state index in [9.17, 15) is 13.6 Å². The van der Waals surface area contributed by atoms with Gasteiger partial charge in [0.05, 0.1) is 12.8 Å². The van der Waals surface area contributed by atoms with Crippen LogP contribution < -0.4 is 15.8 Å². The molecule has 20 heavy (non-hydrogen) atoms. The van der Waals surface area contributed by atoms with Crippen molar-refractivity contribution in [2.24, 2.45) is 0 Å².